The lowest BCUT2D eigenvalue weighted by Gasteiger charge is -1.98. The van der Waals surface area contributed by atoms with Crippen molar-refractivity contribution >= 4 is 11.8 Å². The Labute approximate surface area is 125 Å². The summed E-state index contributed by atoms with van der Waals surface area (Å²) >= 11 is 1.41. The van der Waals surface area contributed by atoms with Gasteiger partial charge < -0.3 is 4.42 Å². The fourth-order valence-corrected chi connectivity index (χ4v) is 2.49. The van der Waals surface area contributed by atoms with Gasteiger partial charge in [0.15, 0.2) is 0 Å². The quantitative estimate of drug-likeness (QED) is 0.675. The van der Waals surface area contributed by atoms with Crippen LogP contribution in [0.25, 0.3) is 0 Å². The molecule has 0 aliphatic carbocycles. The maximum Gasteiger partial charge on any atom is 0.276 e. The van der Waals surface area contributed by atoms with Gasteiger partial charge in [-0.05, 0) is 23.8 Å². The third kappa shape index (κ3) is 3.66. The lowest BCUT2D eigenvalue weighted by atomic mass is 10.1. The van der Waals surface area contributed by atoms with E-state index in [0.717, 1.165) is 5.69 Å². The number of hydrogen-bond acceptors (Lipinski definition) is 5. The molecule has 0 spiro atoms. The number of pyridine rings is 1. The largest absolute Gasteiger partial charge is 0.416 e. The first-order valence-corrected chi connectivity index (χ1v) is 7.38. The zero-order valence-electron chi connectivity index (χ0n) is 11.1. The summed E-state index contributed by atoms with van der Waals surface area (Å²) in [6, 6.07) is 12.3. The van der Waals surface area contributed by atoms with Gasteiger partial charge >= 0.3 is 0 Å². The molecule has 0 atom stereocenters. The van der Waals surface area contributed by atoms with Gasteiger partial charge in [-0.3, -0.25) is 4.98 Å². The van der Waals surface area contributed by atoms with Gasteiger partial charge in [0.05, 0.1) is 12.1 Å². The minimum Gasteiger partial charge on any atom is -0.416 e. The fraction of sp³-hybridized carbons (Fsp3) is 0.133. The van der Waals surface area contributed by atoms with E-state index in [0.29, 0.717) is 28.9 Å². The molecule has 4 nitrogen and oxygen atoms in total. The van der Waals surface area contributed by atoms with E-state index < -0.39 is 0 Å². The molecule has 0 unspecified atom stereocenters. The minimum atomic E-state index is -0.265. The molecule has 1 aromatic carbocycles. The topological polar surface area (TPSA) is 51.8 Å². The van der Waals surface area contributed by atoms with Crippen molar-refractivity contribution in [2.75, 3.05) is 0 Å². The van der Waals surface area contributed by atoms with Crippen molar-refractivity contribution in [2.24, 2.45) is 0 Å². The molecule has 106 valence electrons. The van der Waals surface area contributed by atoms with Crippen LogP contribution < -0.4 is 0 Å². The van der Waals surface area contributed by atoms with E-state index in [4.69, 9.17) is 4.42 Å². The highest BCUT2D eigenvalue weighted by Crippen LogP contribution is 2.21. The van der Waals surface area contributed by atoms with E-state index in [2.05, 4.69) is 15.2 Å². The molecule has 2 heterocycles. The maximum absolute atomic E-state index is 13.5. The van der Waals surface area contributed by atoms with Gasteiger partial charge in [0.25, 0.3) is 5.22 Å². The molecule has 0 saturated carbocycles. The predicted molar refractivity (Wildman–Crippen MR) is 77.3 cm³/mol. The fourth-order valence-electron chi connectivity index (χ4n) is 1.79. The van der Waals surface area contributed by atoms with E-state index in [1.807, 2.05) is 18.2 Å². The van der Waals surface area contributed by atoms with E-state index >= 15 is 0 Å². The number of thioether (sulfide) groups is 1. The second kappa shape index (κ2) is 6.49. The third-order valence-corrected chi connectivity index (χ3v) is 3.67. The number of halogens is 1. The molecular weight excluding hydrogens is 289 g/mol. The Kier molecular flexibility index (Phi) is 4.25. The summed E-state index contributed by atoms with van der Waals surface area (Å²) in [7, 11) is 0. The second-order valence-corrected chi connectivity index (χ2v) is 5.27. The normalized spacial score (nSPS) is 10.7. The van der Waals surface area contributed by atoms with Crippen molar-refractivity contribution in [3.63, 3.8) is 0 Å². The zero-order valence-corrected chi connectivity index (χ0v) is 11.9. The van der Waals surface area contributed by atoms with Crippen molar-refractivity contribution in [1.29, 1.82) is 0 Å². The Morgan fingerprint density at radius 3 is 2.71 bits per heavy atom. The smallest absolute Gasteiger partial charge is 0.276 e. The summed E-state index contributed by atoms with van der Waals surface area (Å²) in [6.07, 6.45) is 2.04. The Bertz CT molecular complexity index is 718. The van der Waals surface area contributed by atoms with Gasteiger partial charge in [0.1, 0.15) is 5.82 Å². The number of hydrogen-bond donors (Lipinski definition) is 0. The molecule has 0 radical (unpaired) electrons. The Morgan fingerprint density at radius 1 is 1.05 bits per heavy atom. The molecule has 21 heavy (non-hydrogen) atoms. The Morgan fingerprint density at radius 2 is 1.90 bits per heavy atom. The minimum absolute atomic E-state index is 0.265. The molecular formula is C15H12FN3OS. The highest BCUT2D eigenvalue weighted by molar-refractivity contribution is 7.98. The van der Waals surface area contributed by atoms with E-state index in [1.54, 1.807) is 24.4 Å². The van der Waals surface area contributed by atoms with Crippen molar-refractivity contribution in [3.8, 4) is 0 Å². The summed E-state index contributed by atoms with van der Waals surface area (Å²) in [5, 5.41) is 8.36. The van der Waals surface area contributed by atoms with Crippen molar-refractivity contribution in [3.05, 3.63) is 71.6 Å². The molecule has 0 amide bonds. The summed E-state index contributed by atoms with van der Waals surface area (Å²) in [5.41, 5.74) is 1.48. The molecule has 0 saturated heterocycles. The SMILES string of the molecule is Fc1ccccc1Cc1nnc(SCc2ccccn2)o1. The van der Waals surface area contributed by atoms with Gasteiger partial charge in [-0.1, -0.05) is 36.0 Å². The van der Waals surface area contributed by atoms with Gasteiger partial charge in [0, 0.05) is 11.9 Å². The number of rotatable bonds is 5. The maximum atomic E-state index is 13.5. The van der Waals surface area contributed by atoms with Crippen molar-refractivity contribution in [2.45, 2.75) is 17.4 Å². The van der Waals surface area contributed by atoms with Crippen LogP contribution in [0.2, 0.25) is 0 Å². The van der Waals surface area contributed by atoms with Gasteiger partial charge in [-0.2, -0.15) is 0 Å². The zero-order chi connectivity index (χ0) is 14.5. The van der Waals surface area contributed by atoms with Crippen LogP contribution in [0.1, 0.15) is 17.1 Å². The van der Waals surface area contributed by atoms with Gasteiger partial charge in [-0.25, -0.2) is 4.39 Å². The summed E-state index contributed by atoms with van der Waals surface area (Å²) < 4.78 is 19.1. The highest BCUT2D eigenvalue weighted by atomic mass is 32.2. The van der Waals surface area contributed by atoms with Crippen LogP contribution in [-0.2, 0) is 12.2 Å². The number of aromatic nitrogens is 3. The number of benzene rings is 1. The average Bonchev–Trinajstić information content (AvgIpc) is 2.96. The summed E-state index contributed by atoms with van der Waals surface area (Å²) in [4.78, 5) is 4.22. The Balaban J connectivity index is 1.63. The van der Waals surface area contributed by atoms with Gasteiger partial charge in [0.2, 0.25) is 5.89 Å². The molecule has 3 aromatic rings. The third-order valence-electron chi connectivity index (χ3n) is 2.82. The molecule has 0 bridgehead atoms. The molecule has 6 heteroatoms. The molecule has 0 fully saturated rings. The molecule has 2 aromatic heterocycles. The first-order valence-electron chi connectivity index (χ1n) is 6.40. The highest BCUT2D eigenvalue weighted by Gasteiger charge is 2.10. The van der Waals surface area contributed by atoms with Gasteiger partial charge in [-0.15, -0.1) is 10.2 Å². The van der Waals surface area contributed by atoms with Crippen LogP contribution in [0.15, 0.2) is 58.3 Å². The van der Waals surface area contributed by atoms with Crippen LogP contribution in [0.4, 0.5) is 4.39 Å². The second-order valence-electron chi connectivity index (χ2n) is 4.34. The first kappa shape index (κ1) is 13.8. The molecule has 3 rings (SSSR count). The van der Waals surface area contributed by atoms with Crippen molar-refractivity contribution < 1.29 is 8.81 Å². The van der Waals surface area contributed by atoms with Crippen LogP contribution in [0.5, 0.6) is 0 Å². The molecule has 0 aliphatic heterocycles. The number of nitrogens with zero attached hydrogens (tertiary/aromatic N) is 3. The van der Waals surface area contributed by atoms with Crippen molar-refractivity contribution in [1.82, 2.24) is 15.2 Å². The monoisotopic (exact) mass is 301 g/mol. The van der Waals surface area contributed by atoms with Crippen LogP contribution in [0.3, 0.4) is 0 Å². The van der Waals surface area contributed by atoms with E-state index in [1.165, 1.54) is 17.8 Å². The summed E-state index contributed by atoms with van der Waals surface area (Å²) in [5.74, 6) is 0.796. The summed E-state index contributed by atoms with van der Waals surface area (Å²) in [6.45, 7) is 0. The van der Waals surface area contributed by atoms with Crippen LogP contribution in [-0.4, -0.2) is 15.2 Å². The average molecular weight is 301 g/mol. The Hall–Kier alpha value is -2.21. The molecule has 0 aliphatic rings. The van der Waals surface area contributed by atoms with Crippen LogP contribution in [0, 0.1) is 5.82 Å². The predicted octanol–water partition coefficient (Wildman–Crippen LogP) is 3.49. The standard InChI is InChI=1S/C15H12FN3OS/c16-13-7-2-1-5-11(13)9-14-18-19-15(20-14)21-10-12-6-3-4-8-17-12/h1-8H,9-10H2. The van der Waals surface area contributed by atoms with Crippen LogP contribution >= 0.6 is 11.8 Å². The van der Waals surface area contributed by atoms with E-state index in [-0.39, 0.29) is 5.82 Å². The lowest BCUT2D eigenvalue weighted by molar-refractivity contribution is 0.418. The first-order chi connectivity index (χ1) is 10.3. The lowest BCUT2D eigenvalue weighted by Crippen LogP contribution is -1.92. The molecule has 0 N–H and O–H groups in total. The van der Waals surface area contributed by atoms with E-state index in [9.17, 15) is 4.39 Å².